The van der Waals surface area contributed by atoms with Crippen LogP contribution in [0.5, 0.6) is 0 Å². The third-order valence-electron chi connectivity index (χ3n) is 2.43. The van der Waals surface area contributed by atoms with Crippen LogP contribution in [0.25, 0.3) is 0 Å². The molecule has 2 aromatic rings. The Labute approximate surface area is 110 Å². The first-order valence-electron chi connectivity index (χ1n) is 5.04. The van der Waals surface area contributed by atoms with E-state index in [1.807, 2.05) is 30.3 Å². The molecule has 1 unspecified atom stereocenters. The molecule has 17 heavy (non-hydrogen) atoms. The molecule has 0 amide bonds. The SMILES string of the molecule is NNC(c1ccc(Cl)cn1)c1ccccc1Cl. The molecule has 2 rings (SSSR count). The molecule has 1 heterocycles. The van der Waals surface area contributed by atoms with Crippen LogP contribution in [0.4, 0.5) is 0 Å². The van der Waals surface area contributed by atoms with Crippen LogP contribution in [0, 0.1) is 0 Å². The molecule has 0 aliphatic carbocycles. The maximum atomic E-state index is 6.13. The van der Waals surface area contributed by atoms with Crippen molar-refractivity contribution in [1.82, 2.24) is 10.4 Å². The number of nitrogens with one attached hydrogen (secondary N) is 1. The molecule has 3 nitrogen and oxygen atoms in total. The molecular weight excluding hydrogens is 257 g/mol. The number of nitrogens with two attached hydrogens (primary N) is 1. The van der Waals surface area contributed by atoms with E-state index in [0.29, 0.717) is 10.0 Å². The highest BCUT2D eigenvalue weighted by Crippen LogP contribution is 2.26. The van der Waals surface area contributed by atoms with Crippen molar-refractivity contribution in [3.8, 4) is 0 Å². The number of benzene rings is 1. The van der Waals surface area contributed by atoms with Crippen LogP contribution < -0.4 is 11.3 Å². The van der Waals surface area contributed by atoms with Crippen molar-refractivity contribution in [2.45, 2.75) is 6.04 Å². The summed E-state index contributed by atoms with van der Waals surface area (Å²) in [6.45, 7) is 0. The Morgan fingerprint density at radius 2 is 1.88 bits per heavy atom. The van der Waals surface area contributed by atoms with E-state index in [0.717, 1.165) is 11.3 Å². The van der Waals surface area contributed by atoms with Crippen molar-refractivity contribution in [2.75, 3.05) is 0 Å². The Hall–Kier alpha value is -1.13. The molecule has 0 saturated heterocycles. The van der Waals surface area contributed by atoms with Gasteiger partial charge in [-0.25, -0.2) is 5.43 Å². The van der Waals surface area contributed by atoms with E-state index in [4.69, 9.17) is 29.0 Å². The molecular formula is C12H11Cl2N3. The normalized spacial score (nSPS) is 12.4. The van der Waals surface area contributed by atoms with Gasteiger partial charge in [0, 0.05) is 11.2 Å². The van der Waals surface area contributed by atoms with Crippen LogP contribution in [0.15, 0.2) is 42.6 Å². The number of nitrogens with zero attached hydrogens (tertiary/aromatic N) is 1. The quantitative estimate of drug-likeness (QED) is 0.664. The number of aromatic nitrogens is 1. The van der Waals surface area contributed by atoms with Gasteiger partial charge in [0.1, 0.15) is 0 Å². The minimum atomic E-state index is -0.249. The molecule has 88 valence electrons. The second kappa shape index (κ2) is 5.47. The largest absolute Gasteiger partial charge is 0.271 e. The fourth-order valence-corrected chi connectivity index (χ4v) is 1.96. The molecule has 0 saturated carbocycles. The number of hydrazine groups is 1. The number of hydrogen-bond donors (Lipinski definition) is 2. The smallest absolute Gasteiger partial charge is 0.0895 e. The molecule has 1 aromatic carbocycles. The second-order valence-corrected chi connectivity index (χ2v) is 4.37. The maximum Gasteiger partial charge on any atom is 0.0895 e. The van der Waals surface area contributed by atoms with E-state index < -0.39 is 0 Å². The van der Waals surface area contributed by atoms with E-state index in [1.165, 1.54) is 0 Å². The predicted molar refractivity (Wildman–Crippen MR) is 69.9 cm³/mol. The summed E-state index contributed by atoms with van der Waals surface area (Å²) in [6, 6.07) is 10.8. The van der Waals surface area contributed by atoms with Gasteiger partial charge in [0.25, 0.3) is 0 Å². The zero-order valence-corrected chi connectivity index (χ0v) is 10.4. The van der Waals surface area contributed by atoms with Gasteiger partial charge in [0.05, 0.1) is 16.8 Å². The summed E-state index contributed by atoms with van der Waals surface area (Å²) in [4.78, 5) is 4.23. The highest BCUT2D eigenvalue weighted by molar-refractivity contribution is 6.31. The Morgan fingerprint density at radius 3 is 2.47 bits per heavy atom. The molecule has 5 heteroatoms. The Morgan fingerprint density at radius 1 is 1.12 bits per heavy atom. The van der Waals surface area contributed by atoms with Gasteiger partial charge in [-0.3, -0.25) is 10.8 Å². The van der Waals surface area contributed by atoms with E-state index in [2.05, 4.69) is 10.4 Å². The highest BCUT2D eigenvalue weighted by Gasteiger charge is 2.16. The lowest BCUT2D eigenvalue weighted by Gasteiger charge is -2.17. The van der Waals surface area contributed by atoms with Gasteiger partial charge in [-0.15, -0.1) is 0 Å². The number of halogens is 2. The van der Waals surface area contributed by atoms with Crippen LogP contribution >= 0.6 is 23.2 Å². The minimum Gasteiger partial charge on any atom is -0.271 e. The summed E-state index contributed by atoms with van der Waals surface area (Å²) in [7, 11) is 0. The molecule has 1 aromatic heterocycles. The first-order valence-corrected chi connectivity index (χ1v) is 5.80. The van der Waals surface area contributed by atoms with Crippen LogP contribution in [-0.4, -0.2) is 4.98 Å². The molecule has 0 bridgehead atoms. The Kier molecular flexibility index (Phi) is 3.97. The van der Waals surface area contributed by atoms with Crippen molar-refractivity contribution >= 4 is 23.2 Å². The fraction of sp³-hybridized carbons (Fsp3) is 0.0833. The van der Waals surface area contributed by atoms with E-state index >= 15 is 0 Å². The average molecular weight is 268 g/mol. The topological polar surface area (TPSA) is 50.9 Å². The third-order valence-corrected chi connectivity index (χ3v) is 3.00. The van der Waals surface area contributed by atoms with Gasteiger partial charge in [-0.05, 0) is 23.8 Å². The molecule has 3 N–H and O–H groups in total. The summed E-state index contributed by atoms with van der Waals surface area (Å²) in [5.41, 5.74) is 4.35. The molecule has 0 radical (unpaired) electrons. The van der Waals surface area contributed by atoms with Gasteiger partial charge < -0.3 is 0 Å². The lowest BCUT2D eigenvalue weighted by molar-refractivity contribution is 0.621. The van der Waals surface area contributed by atoms with Gasteiger partial charge in [-0.1, -0.05) is 41.4 Å². The second-order valence-electron chi connectivity index (χ2n) is 3.52. The van der Waals surface area contributed by atoms with E-state index in [1.54, 1.807) is 12.3 Å². The standard InChI is InChI=1S/C12H11Cl2N3/c13-8-5-6-11(16-7-8)12(17-15)9-3-1-2-4-10(9)14/h1-7,12,17H,15H2. The summed E-state index contributed by atoms with van der Waals surface area (Å²) in [5.74, 6) is 5.56. The first-order chi connectivity index (χ1) is 8.22. The van der Waals surface area contributed by atoms with Crippen LogP contribution in [0.3, 0.4) is 0 Å². The highest BCUT2D eigenvalue weighted by atomic mass is 35.5. The monoisotopic (exact) mass is 267 g/mol. The van der Waals surface area contributed by atoms with Crippen LogP contribution in [0.2, 0.25) is 10.0 Å². The zero-order chi connectivity index (χ0) is 12.3. The molecule has 1 atom stereocenters. The Bertz CT molecular complexity index is 499. The van der Waals surface area contributed by atoms with Crippen molar-refractivity contribution in [2.24, 2.45) is 5.84 Å². The molecule has 0 spiro atoms. The first kappa shape index (κ1) is 12.3. The summed E-state index contributed by atoms with van der Waals surface area (Å²) in [5, 5.41) is 1.23. The van der Waals surface area contributed by atoms with Gasteiger partial charge in [0.15, 0.2) is 0 Å². The third kappa shape index (κ3) is 2.76. The zero-order valence-electron chi connectivity index (χ0n) is 8.90. The van der Waals surface area contributed by atoms with Gasteiger partial charge in [-0.2, -0.15) is 0 Å². The van der Waals surface area contributed by atoms with E-state index in [9.17, 15) is 0 Å². The lowest BCUT2D eigenvalue weighted by Crippen LogP contribution is -2.29. The summed E-state index contributed by atoms with van der Waals surface area (Å²) in [6.07, 6.45) is 1.58. The molecule has 0 aliphatic heterocycles. The fourth-order valence-electron chi connectivity index (χ4n) is 1.60. The number of hydrogen-bond acceptors (Lipinski definition) is 3. The number of rotatable bonds is 3. The summed E-state index contributed by atoms with van der Waals surface area (Å²) < 4.78 is 0. The minimum absolute atomic E-state index is 0.249. The van der Waals surface area contributed by atoms with Crippen LogP contribution in [-0.2, 0) is 0 Å². The lowest BCUT2D eigenvalue weighted by atomic mass is 10.0. The van der Waals surface area contributed by atoms with Crippen molar-refractivity contribution in [1.29, 1.82) is 0 Å². The van der Waals surface area contributed by atoms with Crippen molar-refractivity contribution in [3.05, 3.63) is 63.9 Å². The average Bonchev–Trinajstić information content (AvgIpc) is 2.35. The van der Waals surface area contributed by atoms with Crippen molar-refractivity contribution in [3.63, 3.8) is 0 Å². The Balaban J connectivity index is 2.40. The van der Waals surface area contributed by atoms with Crippen molar-refractivity contribution < 1.29 is 0 Å². The molecule has 0 fully saturated rings. The number of pyridine rings is 1. The summed E-state index contributed by atoms with van der Waals surface area (Å²) >= 11 is 11.9. The van der Waals surface area contributed by atoms with Gasteiger partial charge >= 0.3 is 0 Å². The maximum absolute atomic E-state index is 6.13. The predicted octanol–water partition coefficient (Wildman–Crippen LogP) is 2.94. The van der Waals surface area contributed by atoms with E-state index in [-0.39, 0.29) is 6.04 Å². The van der Waals surface area contributed by atoms with Crippen LogP contribution in [0.1, 0.15) is 17.3 Å². The van der Waals surface area contributed by atoms with Gasteiger partial charge in [0.2, 0.25) is 0 Å². The molecule has 0 aliphatic rings.